The predicted molar refractivity (Wildman–Crippen MR) is 124 cm³/mol. The molecule has 1 N–H and O–H groups in total. The van der Waals surface area contributed by atoms with E-state index in [0.29, 0.717) is 18.1 Å². The summed E-state index contributed by atoms with van der Waals surface area (Å²) in [6.45, 7) is 1.55. The third-order valence-electron chi connectivity index (χ3n) is 5.17. The number of para-hydroxylation sites is 1. The number of nitrogens with zero attached hydrogens (tertiary/aromatic N) is 3. The molecule has 10 nitrogen and oxygen atoms in total. The second-order valence-electron chi connectivity index (χ2n) is 7.52. The number of benzene rings is 1. The number of likely N-dealkylation sites (N-methyl/N-ethyl adjacent to an activating group) is 1. The summed E-state index contributed by atoms with van der Waals surface area (Å²) in [4.78, 5) is 43.1. The summed E-state index contributed by atoms with van der Waals surface area (Å²) < 4.78 is 30.4. The average Bonchev–Trinajstić information content (AvgIpc) is 3.35. The number of thioether (sulfide) groups is 1. The van der Waals surface area contributed by atoms with Gasteiger partial charge < -0.3 is 19.5 Å². The van der Waals surface area contributed by atoms with Gasteiger partial charge in [0.05, 0.1) is 28.5 Å². The lowest BCUT2D eigenvalue weighted by Gasteiger charge is -2.26. The zero-order chi connectivity index (χ0) is 24.0. The van der Waals surface area contributed by atoms with Crippen molar-refractivity contribution in [3.05, 3.63) is 42.2 Å². The van der Waals surface area contributed by atoms with Crippen LogP contribution in [-0.2, 0) is 31.2 Å². The summed E-state index contributed by atoms with van der Waals surface area (Å²) in [5.74, 6) is -1.47. The van der Waals surface area contributed by atoms with Crippen molar-refractivity contribution in [2.45, 2.75) is 24.5 Å². The third kappa shape index (κ3) is 6.57. The zero-order valence-electron chi connectivity index (χ0n) is 18.4. The van der Waals surface area contributed by atoms with Crippen molar-refractivity contribution in [2.75, 3.05) is 35.7 Å². The van der Waals surface area contributed by atoms with Gasteiger partial charge in [0, 0.05) is 32.0 Å². The van der Waals surface area contributed by atoms with Crippen LogP contribution in [0.1, 0.15) is 23.7 Å². The maximum Gasteiger partial charge on any atom is 0.340 e. The van der Waals surface area contributed by atoms with Crippen LogP contribution in [-0.4, -0.2) is 77.1 Å². The summed E-state index contributed by atoms with van der Waals surface area (Å²) in [5, 5.41) is 3.38. The van der Waals surface area contributed by atoms with Crippen molar-refractivity contribution in [1.82, 2.24) is 14.5 Å². The van der Waals surface area contributed by atoms with Crippen LogP contribution in [0.3, 0.4) is 0 Å². The Morgan fingerprint density at radius 1 is 1.30 bits per heavy atom. The molecule has 33 heavy (non-hydrogen) atoms. The maximum atomic E-state index is 12.6. The summed E-state index contributed by atoms with van der Waals surface area (Å²) in [7, 11) is -1.32. The highest BCUT2D eigenvalue weighted by atomic mass is 32.2. The lowest BCUT2D eigenvalue weighted by atomic mass is 10.2. The second kappa shape index (κ2) is 10.8. The van der Waals surface area contributed by atoms with Crippen LogP contribution in [0.5, 0.6) is 0 Å². The fourth-order valence-corrected chi connectivity index (χ4v) is 5.99. The number of amides is 2. The summed E-state index contributed by atoms with van der Waals surface area (Å²) in [5.41, 5.74) is 0.391. The van der Waals surface area contributed by atoms with Gasteiger partial charge in [-0.15, -0.1) is 0 Å². The molecule has 0 aliphatic carbocycles. The number of aryl methyl sites for hydroxylation is 1. The molecule has 2 amide bonds. The number of aromatic nitrogens is 2. The molecular weight excluding hydrogens is 468 g/mol. The van der Waals surface area contributed by atoms with Crippen LogP contribution >= 0.6 is 11.8 Å². The van der Waals surface area contributed by atoms with Gasteiger partial charge in [-0.2, -0.15) is 0 Å². The van der Waals surface area contributed by atoms with E-state index < -0.39 is 34.4 Å². The third-order valence-corrected chi connectivity index (χ3v) is 7.98. The van der Waals surface area contributed by atoms with E-state index in [-0.39, 0.29) is 34.4 Å². The smallest absolute Gasteiger partial charge is 0.340 e. The van der Waals surface area contributed by atoms with E-state index in [1.165, 1.54) is 22.7 Å². The number of sulfone groups is 1. The van der Waals surface area contributed by atoms with Gasteiger partial charge in [0.15, 0.2) is 21.6 Å². The van der Waals surface area contributed by atoms with E-state index in [4.69, 9.17) is 4.74 Å². The number of carbonyl (C=O) groups excluding carboxylic acids is 3. The fraction of sp³-hybridized carbons (Fsp3) is 0.429. The number of anilines is 1. The van der Waals surface area contributed by atoms with E-state index >= 15 is 0 Å². The molecule has 1 fully saturated rings. The lowest BCUT2D eigenvalue weighted by Crippen LogP contribution is -2.43. The number of hydrogen-bond acceptors (Lipinski definition) is 8. The van der Waals surface area contributed by atoms with Gasteiger partial charge in [-0.05, 0) is 25.5 Å². The Balaban J connectivity index is 1.57. The molecule has 1 aromatic carbocycles. The highest BCUT2D eigenvalue weighted by Crippen LogP contribution is 2.20. The van der Waals surface area contributed by atoms with E-state index in [9.17, 15) is 22.8 Å². The van der Waals surface area contributed by atoms with E-state index in [2.05, 4.69) is 10.3 Å². The van der Waals surface area contributed by atoms with Crippen molar-refractivity contribution in [3.8, 4) is 0 Å². The van der Waals surface area contributed by atoms with E-state index in [0.717, 1.165) is 0 Å². The first-order valence-corrected chi connectivity index (χ1v) is 13.2. The van der Waals surface area contributed by atoms with Crippen molar-refractivity contribution in [3.63, 3.8) is 0 Å². The fourth-order valence-electron chi connectivity index (χ4n) is 3.52. The second-order valence-corrected chi connectivity index (χ2v) is 10.7. The molecule has 1 aromatic heterocycles. The minimum atomic E-state index is -3.15. The van der Waals surface area contributed by atoms with Crippen molar-refractivity contribution in [1.29, 1.82) is 0 Å². The Kier molecular flexibility index (Phi) is 8.14. The van der Waals surface area contributed by atoms with Gasteiger partial charge in [0.2, 0.25) is 5.91 Å². The Morgan fingerprint density at radius 2 is 2.06 bits per heavy atom. The highest BCUT2D eigenvalue weighted by molar-refractivity contribution is 7.99. The largest absolute Gasteiger partial charge is 0.452 e. The molecular formula is C21H26N4O6S2. The average molecular weight is 495 g/mol. The van der Waals surface area contributed by atoms with Gasteiger partial charge >= 0.3 is 5.97 Å². The molecule has 12 heteroatoms. The zero-order valence-corrected chi connectivity index (χ0v) is 20.0. The molecule has 0 unspecified atom stereocenters. The molecule has 0 radical (unpaired) electrons. The minimum absolute atomic E-state index is 0.0484. The van der Waals surface area contributed by atoms with Crippen LogP contribution in [0, 0.1) is 0 Å². The van der Waals surface area contributed by atoms with Crippen LogP contribution < -0.4 is 5.32 Å². The first-order valence-electron chi connectivity index (χ1n) is 10.4. The number of esters is 1. The predicted octanol–water partition coefficient (Wildman–Crippen LogP) is 1.34. The van der Waals surface area contributed by atoms with E-state index in [1.807, 2.05) is 7.05 Å². The first-order chi connectivity index (χ1) is 15.7. The molecule has 1 aliphatic heterocycles. The number of carbonyl (C=O) groups is 3. The standard InChI is InChI=1S/C21H26N4O6S2/c1-3-25(15-8-11-33(29,30)14-15)19(27)12-31-20(28)16-6-4-5-7-17(16)23-18(26)13-32-21-22-9-10-24(21)2/h4-7,9-10,15H,3,8,11-14H2,1-2H3,(H,23,26)/t15-/m0/s1. The van der Waals surface area contributed by atoms with Crippen LogP contribution in [0.15, 0.2) is 41.8 Å². The number of hydrogen-bond donors (Lipinski definition) is 1. The van der Waals surface area contributed by atoms with Gasteiger partial charge in [-0.1, -0.05) is 23.9 Å². The van der Waals surface area contributed by atoms with Gasteiger partial charge in [-0.3, -0.25) is 9.59 Å². The normalized spacial score (nSPS) is 16.8. The molecule has 1 atom stereocenters. The molecule has 0 bridgehead atoms. The van der Waals surface area contributed by atoms with E-state index in [1.54, 1.807) is 42.1 Å². The maximum absolute atomic E-state index is 12.6. The molecule has 1 saturated heterocycles. The number of ether oxygens (including phenoxy) is 1. The summed E-state index contributed by atoms with van der Waals surface area (Å²) >= 11 is 1.26. The number of nitrogens with one attached hydrogen (secondary N) is 1. The molecule has 178 valence electrons. The highest BCUT2D eigenvalue weighted by Gasteiger charge is 2.34. The Bertz CT molecular complexity index is 1130. The van der Waals surface area contributed by atoms with Crippen molar-refractivity contribution in [2.24, 2.45) is 7.05 Å². The monoisotopic (exact) mass is 494 g/mol. The minimum Gasteiger partial charge on any atom is -0.452 e. The van der Waals surface area contributed by atoms with Crippen molar-refractivity contribution >= 4 is 45.1 Å². The van der Waals surface area contributed by atoms with Crippen LogP contribution in [0.25, 0.3) is 0 Å². The van der Waals surface area contributed by atoms with Crippen LogP contribution in [0.2, 0.25) is 0 Å². The molecule has 1 aliphatic rings. The Labute approximate surface area is 196 Å². The molecule has 0 saturated carbocycles. The molecule has 0 spiro atoms. The molecule has 3 rings (SSSR count). The Morgan fingerprint density at radius 3 is 2.70 bits per heavy atom. The quantitative estimate of drug-likeness (QED) is 0.409. The Hall–Kier alpha value is -2.86. The van der Waals surface area contributed by atoms with Gasteiger partial charge in [-0.25, -0.2) is 18.2 Å². The first kappa shape index (κ1) is 24.8. The number of rotatable bonds is 9. The van der Waals surface area contributed by atoms with Gasteiger partial charge in [0.25, 0.3) is 5.91 Å². The molecule has 2 heterocycles. The summed E-state index contributed by atoms with van der Waals surface area (Å²) in [6, 6.07) is 5.95. The van der Waals surface area contributed by atoms with Gasteiger partial charge in [0.1, 0.15) is 0 Å². The SMILES string of the molecule is CCN(C(=O)COC(=O)c1ccccc1NC(=O)CSc1nccn1C)[C@H]1CCS(=O)(=O)C1. The van der Waals surface area contributed by atoms with Crippen molar-refractivity contribution < 1.29 is 27.5 Å². The lowest BCUT2D eigenvalue weighted by molar-refractivity contribution is -0.136. The molecule has 2 aromatic rings. The van der Waals surface area contributed by atoms with Crippen LogP contribution in [0.4, 0.5) is 5.69 Å². The summed E-state index contributed by atoms with van der Waals surface area (Å²) in [6.07, 6.45) is 3.79. The number of imidazole rings is 1. The topological polar surface area (TPSA) is 128 Å².